The molecule has 6 heteroatoms. The SMILES string of the molecule is CCC(COC)Nc1ccccc1OC(F)(F)F. The van der Waals surface area contributed by atoms with Gasteiger partial charge in [-0.15, -0.1) is 13.2 Å². The zero-order valence-electron chi connectivity index (χ0n) is 10.3. The van der Waals surface area contributed by atoms with E-state index in [9.17, 15) is 13.2 Å². The van der Waals surface area contributed by atoms with Gasteiger partial charge >= 0.3 is 6.36 Å². The molecule has 1 atom stereocenters. The maximum absolute atomic E-state index is 12.2. The lowest BCUT2D eigenvalue weighted by molar-refractivity contribution is -0.274. The van der Waals surface area contributed by atoms with Crippen LogP contribution in [0.4, 0.5) is 18.9 Å². The number of ether oxygens (including phenoxy) is 2. The Labute approximate surface area is 104 Å². The topological polar surface area (TPSA) is 30.5 Å². The van der Waals surface area contributed by atoms with E-state index in [1.54, 1.807) is 19.2 Å². The molecule has 102 valence electrons. The van der Waals surface area contributed by atoms with Gasteiger partial charge in [-0.25, -0.2) is 0 Å². The van der Waals surface area contributed by atoms with Crippen molar-refractivity contribution in [2.45, 2.75) is 25.7 Å². The number of alkyl halides is 3. The maximum atomic E-state index is 12.2. The molecule has 18 heavy (non-hydrogen) atoms. The second-order valence-electron chi connectivity index (χ2n) is 3.75. The van der Waals surface area contributed by atoms with Gasteiger partial charge in [0, 0.05) is 13.2 Å². The van der Waals surface area contributed by atoms with E-state index in [1.165, 1.54) is 12.1 Å². The highest BCUT2D eigenvalue weighted by molar-refractivity contribution is 5.56. The molecule has 1 N–H and O–H groups in total. The van der Waals surface area contributed by atoms with Crippen LogP contribution in [0, 0.1) is 0 Å². The monoisotopic (exact) mass is 263 g/mol. The van der Waals surface area contributed by atoms with Crippen molar-refractivity contribution in [3.8, 4) is 5.75 Å². The highest BCUT2D eigenvalue weighted by atomic mass is 19.4. The van der Waals surface area contributed by atoms with Crippen molar-refractivity contribution in [2.24, 2.45) is 0 Å². The molecule has 0 saturated carbocycles. The van der Waals surface area contributed by atoms with Crippen molar-refractivity contribution in [1.29, 1.82) is 0 Å². The third kappa shape index (κ3) is 4.83. The van der Waals surface area contributed by atoms with E-state index in [-0.39, 0.29) is 11.8 Å². The molecule has 0 saturated heterocycles. The average Bonchev–Trinajstić information content (AvgIpc) is 2.29. The van der Waals surface area contributed by atoms with Crippen LogP contribution >= 0.6 is 0 Å². The van der Waals surface area contributed by atoms with E-state index < -0.39 is 6.36 Å². The third-order valence-corrected chi connectivity index (χ3v) is 2.33. The molecule has 0 spiro atoms. The van der Waals surface area contributed by atoms with Crippen LogP contribution in [0.3, 0.4) is 0 Å². The molecule has 0 bridgehead atoms. The van der Waals surface area contributed by atoms with Crippen LogP contribution in [0.15, 0.2) is 24.3 Å². The van der Waals surface area contributed by atoms with E-state index in [4.69, 9.17) is 4.74 Å². The normalized spacial score (nSPS) is 13.2. The van der Waals surface area contributed by atoms with Gasteiger partial charge in [-0.2, -0.15) is 0 Å². The molecule has 3 nitrogen and oxygen atoms in total. The summed E-state index contributed by atoms with van der Waals surface area (Å²) in [4.78, 5) is 0. The Bertz CT molecular complexity index is 369. The molecule has 1 unspecified atom stereocenters. The molecule has 1 rings (SSSR count). The number of para-hydroxylation sites is 2. The van der Waals surface area contributed by atoms with Crippen molar-refractivity contribution in [1.82, 2.24) is 0 Å². The van der Waals surface area contributed by atoms with Crippen LogP contribution in [-0.4, -0.2) is 26.1 Å². The van der Waals surface area contributed by atoms with E-state index in [2.05, 4.69) is 10.1 Å². The van der Waals surface area contributed by atoms with E-state index in [0.29, 0.717) is 12.3 Å². The standard InChI is InChI=1S/C12H16F3NO2/c1-3-9(8-17-2)16-10-6-4-5-7-11(10)18-12(13,14)15/h4-7,9,16H,3,8H2,1-2H3. The van der Waals surface area contributed by atoms with Crippen LogP contribution < -0.4 is 10.1 Å². The van der Waals surface area contributed by atoms with Gasteiger partial charge in [0.15, 0.2) is 5.75 Å². The molecule has 0 amide bonds. The Balaban J connectivity index is 2.81. The zero-order chi connectivity index (χ0) is 13.6. The molecule has 0 radical (unpaired) electrons. The summed E-state index contributed by atoms with van der Waals surface area (Å²) in [6.45, 7) is 2.33. The molecular formula is C12H16F3NO2. The quantitative estimate of drug-likeness (QED) is 0.853. The Morgan fingerprint density at radius 3 is 2.50 bits per heavy atom. The number of rotatable bonds is 6. The Morgan fingerprint density at radius 1 is 1.28 bits per heavy atom. The highest BCUT2D eigenvalue weighted by Crippen LogP contribution is 2.30. The summed E-state index contributed by atoms with van der Waals surface area (Å²) < 4.78 is 45.6. The predicted octanol–water partition coefficient (Wildman–Crippen LogP) is 3.42. The van der Waals surface area contributed by atoms with Crippen molar-refractivity contribution in [2.75, 3.05) is 19.0 Å². The van der Waals surface area contributed by atoms with Gasteiger partial charge < -0.3 is 14.8 Å². The first-order chi connectivity index (χ1) is 8.46. The molecular weight excluding hydrogens is 247 g/mol. The van der Waals surface area contributed by atoms with E-state index in [1.807, 2.05) is 6.92 Å². The molecule has 0 heterocycles. The number of hydrogen-bond acceptors (Lipinski definition) is 3. The van der Waals surface area contributed by atoms with Crippen molar-refractivity contribution < 1.29 is 22.6 Å². The summed E-state index contributed by atoms with van der Waals surface area (Å²) in [5, 5.41) is 2.97. The predicted molar refractivity (Wildman–Crippen MR) is 62.7 cm³/mol. The lowest BCUT2D eigenvalue weighted by atomic mass is 10.2. The first kappa shape index (κ1) is 14.6. The molecule has 0 aliphatic carbocycles. The number of methoxy groups -OCH3 is 1. The summed E-state index contributed by atoms with van der Waals surface area (Å²) in [6.07, 6.45) is -3.96. The lowest BCUT2D eigenvalue weighted by Crippen LogP contribution is -2.25. The van der Waals surface area contributed by atoms with Crippen LogP contribution in [0.25, 0.3) is 0 Å². The summed E-state index contributed by atoms with van der Waals surface area (Å²) in [5.41, 5.74) is 0.304. The fourth-order valence-corrected chi connectivity index (χ4v) is 1.48. The fraction of sp³-hybridized carbons (Fsp3) is 0.500. The van der Waals surface area contributed by atoms with E-state index >= 15 is 0 Å². The second-order valence-corrected chi connectivity index (χ2v) is 3.75. The minimum atomic E-state index is -4.69. The van der Waals surface area contributed by atoms with Crippen LogP contribution in [0.2, 0.25) is 0 Å². The number of hydrogen-bond donors (Lipinski definition) is 1. The molecule has 1 aromatic carbocycles. The fourth-order valence-electron chi connectivity index (χ4n) is 1.48. The highest BCUT2D eigenvalue weighted by Gasteiger charge is 2.32. The van der Waals surface area contributed by atoms with Crippen LogP contribution in [-0.2, 0) is 4.74 Å². The number of anilines is 1. The van der Waals surface area contributed by atoms with Crippen LogP contribution in [0.1, 0.15) is 13.3 Å². The molecule has 0 aromatic heterocycles. The van der Waals surface area contributed by atoms with Gasteiger partial charge in [-0.3, -0.25) is 0 Å². The first-order valence-corrected chi connectivity index (χ1v) is 5.56. The molecule has 0 aliphatic rings. The van der Waals surface area contributed by atoms with Gasteiger partial charge in [0.05, 0.1) is 12.3 Å². The summed E-state index contributed by atoms with van der Waals surface area (Å²) >= 11 is 0. The second kappa shape index (κ2) is 6.49. The van der Waals surface area contributed by atoms with Gasteiger partial charge in [-0.1, -0.05) is 19.1 Å². The van der Waals surface area contributed by atoms with Crippen LogP contribution in [0.5, 0.6) is 5.75 Å². The lowest BCUT2D eigenvalue weighted by Gasteiger charge is -2.20. The van der Waals surface area contributed by atoms with E-state index in [0.717, 1.165) is 6.42 Å². The number of benzene rings is 1. The van der Waals surface area contributed by atoms with Crippen molar-refractivity contribution in [3.05, 3.63) is 24.3 Å². The molecule has 0 aliphatic heterocycles. The maximum Gasteiger partial charge on any atom is 0.573 e. The van der Waals surface area contributed by atoms with Crippen molar-refractivity contribution >= 4 is 5.69 Å². The smallest absolute Gasteiger partial charge is 0.404 e. The summed E-state index contributed by atoms with van der Waals surface area (Å²) in [7, 11) is 1.54. The Kier molecular flexibility index (Phi) is 5.27. The molecule has 0 fully saturated rings. The third-order valence-electron chi connectivity index (χ3n) is 2.33. The number of halogens is 3. The largest absolute Gasteiger partial charge is 0.573 e. The average molecular weight is 263 g/mol. The van der Waals surface area contributed by atoms with Gasteiger partial charge in [-0.05, 0) is 18.6 Å². The van der Waals surface area contributed by atoms with Gasteiger partial charge in [0.1, 0.15) is 0 Å². The molecule has 1 aromatic rings. The summed E-state index contributed by atoms with van der Waals surface area (Å²) in [6, 6.07) is 5.89. The first-order valence-electron chi connectivity index (χ1n) is 5.56. The zero-order valence-corrected chi connectivity index (χ0v) is 10.3. The Hall–Kier alpha value is -1.43. The summed E-state index contributed by atoms with van der Waals surface area (Å²) in [5.74, 6) is -0.237. The minimum absolute atomic E-state index is 0.0621. The van der Waals surface area contributed by atoms with Crippen molar-refractivity contribution in [3.63, 3.8) is 0 Å². The van der Waals surface area contributed by atoms with Gasteiger partial charge in [0.25, 0.3) is 0 Å². The minimum Gasteiger partial charge on any atom is -0.404 e. The van der Waals surface area contributed by atoms with Gasteiger partial charge in [0.2, 0.25) is 0 Å². The number of nitrogens with one attached hydrogen (secondary N) is 1. The Morgan fingerprint density at radius 2 is 1.94 bits per heavy atom.